The highest BCUT2D eigenvalue weighted by atomic mass is 19.1. The van der Waals surface area contributed by atoms with Crippen LogP contribution in [0.1, 0.15) is 19.8 Å². The van der Waals surface area contributed by atoms with Crippen LogP contribution >= 0.6 is 0 Å². The van der Waals surface area contributed by atoms with Gasteiger partial charge in [-0.05, 0) is 30.7 Å². The van der Waals surface area contributed by atoms with Crippen molar-refractivity contribution >= 4 is 17.6 Å². The van der Waals surface area contributed by atoms with Gasteiger partial charge >= 0.3 is 5.97 Å². The Labute approximate surface area is 111 Å². The average molecular weight is 265 g/mol. The summed E-state index contributed by atoms with van der Waals surface area (Å²) in [5.74, 6) is -1.42. The Morgan fingerprint density at radius 3 is 2.47 bits per heavy atom. The lowest BCUT2D eigenvalue weighted by atomic mass is 10.2. The van der Waals surface area contributed by atoms with Gasteiger partial charge in [0.2, 0.25) is 5.91 Å². The van der Waals surface area contributed by atoms with Crippen LogP contribution in [0.15, 0.2) is 36.5 Å². The lowest BCUT2D eigenvalue weighted by Crippen LogP contribution is -2.27. The zero-order valence-corrected chi connectivity index (χ0v) is 10.9. The van der Waals surface area contributed by atoms with Gasteiger partial charge in [-0.3, -0.25) is 14.5 Å². The van der Waals surface area contributed by atoms with E-state index in [0.29, 0.717) is 5.69 Å². The van der Waals surface area contributed by atoms with E-state index in [1.807, 2.05) is 6.92 Å². The molecule has 0 aliphatic rings. The van der Waals surface area contributed by atoms with E-state index in [2.05, 4.69) is 4.74 Å². The van der Waals surface area contributed by atoms with Gasteiger partial charge in [0.05, 0.1) is 7.11 Å². The summed E-state index contributed by atoms with van der Waals surface area (Å²) in [6.07, 6.45) is 3.72. The summed E-state index contributed by atoms with van der Waals surface area (Å²) in [5.41, 5.74) is 0.500. The van der Waals surface area contributed by atoms with E-state index >= 15 is 0 Å². The van der Waals surface area contributed by atoms with E-state index < -0.39 is 11.9 Å². The number of nitrogens with zero attached hydrogens (tertiary/aromatic N) is 1. The van der Waals surface area contributed by atoms with Crippen molar-refractivity contribution in [3.63, 3.8) is 0 Å². The zero-order valence-electron chi connectivity index (χ0n) is 10.9. The maximum absolute atomic E-state index is 12.9. The maximum atomic E-state index is 12.9. The summed E-state index contributed by atoms with van der Waals surface area (Å²) in [6.45, 7) is 1.92. The predicted octanol–water partition coefficient (Wildman–Crippen LogP) is 2.65. The summed E-state index contributed by atoms with van der Waals surface area (Å²) >= 11 is 0. The van der Waals surface area contributed by atoms with Gasteiger partial charge in [-0.25, -0.2) is 4.39 Å². The third kappa shape index (κ3) is 4.54. The summed E-state index contributed by atoms with van der Waals surface area (Å²) in [6, 6.07) is 5.47. The number of amides is 1. The molecule has 0 fully saturated rings. The number of carbonyl (C=O) groups excluding carboxylic acids is 2. The van der Waals surface area contributed by atoms with E-state index in [9.17, 15) is 14.0 Å². The molecular weight excluding hydrogens is 249 g/mol. The highest BCUT2D eigenvalue weighted by Crippen LogP contribution is 2.17. The molecule has 0 aromatic heterocycles. The van der Waals surface area contributed by atoms with E-state index in [-0.39, 0.29) is 12.2 Å². The van der Waals surface area contributed by atoms with Crippen LogP contribution in [-0.2, 0) is 14.3 Å². The smallest absolute Gasteiger partial charge is 0.315 e. The standard InChI is InChI=1S/C14H16FNO3/c1-3-4-9-16(13(17)10-14(18)19-2)12-7-5-11(15)6-8-12/h4-9H,3,10H2,1-2H3/b9-4-. The Morgan fingerprint density at radius 2 is 1.95 bits per heavy atom. The highest BCUT2D eigenvalue weighted by Gasteiger charge is 2.17. The second-order valence-corrected chi connectivity index (χ2v) is 3.79. The number of carbonyl (C=O) groups is 2. The molecule has 0 spiro atoms. The minimum atomic E-state index is -0.609. The minimum absolute atomic E-state index is 0.359. The molecule has 1 aromatic carbocycles. The Balaban J connectivity index is 2.94. The number of hydrogen-bond acceptors (Lipinski definition) is 3. The Bertz CT molecular complexity index is 468. The zero-order chi connectivity index (χ0) is 14.3. The fourth-order valence-corrected chi connectivity index (χ4v) is 1.41. The van der Waals surface area contributed by atoms with Crippen LogP contribution in [0.2, 0.25) is 0 Å². The second-order valence-electron chi connectivity index (χ2n) is 3.79. The monoisotopic (exact) mass is 265 g/mol. The first-order valence-electron chi connectivity index (χ1n) is 5.89. The molecule has 0 atom stereocenters. The van der Waals surface area contributed by atoms with E-state index in [1.54, 1.807) is 12.3 Å². The van der Waals surface area contributed by atoms with Crippen LogP contribution in [0.25, 0.3) is 0 Å². The van der Waals surface area contributed by atoms with E-state index in [0.717, 1.165) is 6.42 Å². The first-order chi connectivity index (χ1) is 9.08. The van der Waals surface area contributed by atoms with E-state index in [4.69, 9.17) is 0 Å². The first-order valence-corrected chi connectivity index (χ1v) is 5.89. The van der Waals surface area contributed by atoms with Gasteiger partial charge in [0, 0.05) is 11.9 Å². The summed E-state index contributed by atoms with van der Waals surface area (Å²) in [4.78, 5) is 24.4. The topological polar surface area (TPSA) is 46.6 Å². The van der Waals surface area contributed by atoms with Gasteiger partial charge in [0.15, 0.2) is 0 Å². The van der Waals surface area contributed by atoms with Gasteiger partial charge in [0.25, 0.3) is 0 Å². The quantitative estimate of drug-likeness (QED) is 0.607. The normalized spacial score (nSPS) is 10.5. The number of esters is 1. The molecule has 4 nitrogen and oxygen atoms in total. The van der Waals surface area contributed by atoms with Crippen molar-refractivity contribution in [2.24, 2.45) is 0 Å². The fourth-order valence-electron chi connectivity index (χ4n) is 1.41. The van der Waals surface area contributed by atoms with Crippen molar-refractivity contribution in [1.29, 1.82) is 0 Å². The number of benzene rings is 1. The molecule has 0 bridgehead atoms. The van der Waals surface area contributed by atoms with Crippen molar-refractivity contribution in [1.82, 2.24) is 0 Å². The SMILES string of the molecule is CC/C=C\N(C(=O)CC(=O)OC)c1ccc(F)cc1. The third-order valence-corrected chi connectivity index (χ3v) is 2.39. The van der Waals surface area contributed by atoms with Crippen LogP contribution in [-0.4, -0.2) is 19.0 Å². The molecule has 0 saturated heterocycles. The molecule has 0 heterocycles. The van der Waals surface area contributed by atoms with Gasteiger partial charge in [0.1, 0.15) is 12.2 Å². The molecule has 5 heteroatoms. The number of ether oxygens (including phenoxy) is 1. The summed E-state index contributed by atoms with van der Waals surface area (Å²) < 4.78 is 17.3. The Hall–Kier alpha value is -2.17. The fraction of sp³-hybridized carbons (Fsp3) is 0.286. The number of methoxy groups -OCH3 is 1. The van der Waals surface area contributed by atoms with Gasteiger partial charge in [-0.15, -0.1) is 0 Å². The summed E-state index contributed by atoms with van der Waals surface area (Å²) in [7, 11) is 1.22. The van der Waals surface area contributed by atoms with Crippen LogP contribution < -0.4 is 4.90 Å². The van der Waals surface area contributed by atoms with Crippen molar-refractivity contribution in [2.45, 2.75) is 19.8 Å². The number of halogens is 1. The first kappa shape index (κ1) is 14.9. The maximum Gasteiger partial charge on any atom is 0.315 e. The number of rotatable bonds is 5. The molecular formula is C14H16FNO3. The molecule has 0 aliphatic heterocycles. The Kier molecular flexibility index (Phi) is 5.73. The molecule has 0 saturated carbocycles. The van der Waals surface area contributed by atoms with Crippen LogP contribution in [0.3, 0.4) is 0 Å². The minimum Gasteiger partial charge on any atom is -0.469 e. The van der Waals surface area contributed by atoms with Gasteiger partial charge in [-0.1, -0.05) is 13.0 Å². The second kappa shape index (κ2) is 7.31. The molecule has 0 radical (unpaired) electrons. The molecule has 0 unspecified atom stereocenters. The van der Waals surface area contributed by atoms with Crippen molar-refractivity contribution in [3.8, 4) is 0 Å². The van der Waals surface area contributed by atoms with Gasteiger partial charge < -0.3 is 4.74 Å². The van der Waals surface area contributed by atoms with Crippen LogP contribution in [0.5, 0.6) is 0 Å². The number of anilines is 1. The Morgan fingerprint density at radius 1 is 1.32 bits per heavy atom. The average Bonchev–Trinajstić information content (AvgIpc) is 2.41. The third-order valence-electron chi connectivity index (χ3n) is 2.39. The lowest BCUT2D eigenvalue weighted by molar-refractivity contribution is -0.143. The van der Waals surface area contributed by atoms with Crippen LogP contribution in [0.4, 0.5) is 10.1 Å². The van der Waals surface area contributed by atoms with Crippen LogP contribution in [0, 0.1) is 5.82 Å². The lowest BCUT2D eigenvalue weighted by Gasteiger charge is -2.18. The number of hydrogen-bond donors (Lipinski definition) is 0. The molecule has 1 rings (SSSR count). The molecule has 1 aromatic rings. The predicted molar refractivity (Wildman–Crippen MR) is 70.0 cm³/mol. The number of allylic oxidation sites excluding steroid dienone is 1. The molecule has 0 N–H and O–H groups in total. The largest absolute Gasteiger partial charge is 0.469 e. The van der Waals surface area contributed by atoms with E-state index in [1.165, 1.54) is 36.3 Å². The summed E-state index contributed by atoms with van der Waals surface area (Å²) in [5, 5.41) is 0. The highest BCUT2D eigenvalue weighted by molar-refractivity contribution is 6.04. The van der Waals surface area contributed by atoms with Crippen molar-refractivity contribution in [2.75, 3.05) is 12.0 Å². The van der Waals surface area contributed by atoms with Crippen molar-refractivity contribution in [3.05, 3.63) is 42.4 Å². The molecule has 19 heavy (non-hydrogen) atoms. The molecule has 0 aliphatic carbocycles. The molecule has 1 amide bonds. The molecule has 102 valence electrons. The van der Waals surface area contributed by atoms with Crippen molar-refractivity contribution < 1.29 is 18.7 Å². The van der Waals surface area contributed by atoms with Gasteiger partial charge in [-0.2, -0.15) is 0 Å².